The normalized spacial score (nSPS) is 18.7. The van der Waals surface area contributed by atoms with Crippen LogP contribution in [0.3, 0.4) is 0 Å². The van der Waals surface area contributed by atoms with Gasteiger partial charge in [-0.25, -0.2) is 12.7 Å². The van der Waals surface area contributed by atoms with Crippen molar-refractivity contribution in [1.29, 1.82) is 0 Å². The van der Waals surface area contributed by atoms with E-state index in [9.17, 15) is 18.0 Å². The van der Waals surface area contributed by atoms with Gasteiger partial charge in [0.15, 0.2) is 0 Å². The van der Waals surface area contributed by atoms with E-state index in [0.29, 0.717) is 5.69 Å². The van der Waals surface area contributed by atoms with Crippen molar-refractivity contribution in [2.45, 2.75) is 40.1 Å². The van der Waals surface area contributed by atoms with Gasteiger partial charge in [-0.05, 0) is 18.9 Å². The summed E-state index contributed by atoms with van der Waals surface area (Å²) in [6, 6.07) is 1.69. The van der Waals surface area contributed by atoms with Crippen molar-refractivity contribution in [2.75, 3.05) is 31.3 Å². The number of nitrogens with zero attached hydrogens (tertiary/aromatic N) is 2. The van der Waals surface area contributed by atoms with Gasteiger partial charge in [-0.2, -0.15) is 0 Å². The number of thiophene rings is 1. The zero-order valence-corrected chi connectivity index (χ0v) is 16.6. The molecule has 1 aliphatic carbocycles. The Kier molecular flexibility index (Phi) is 5.42. The second kappa shape index (κ2) is 7.26. The van der Waals surface area contributed by atoms with E-state index in [1.54, 1.807) is 0 Å². The van der Waals surface area contributed by atoms with Gasteiger partial charge >= 0.3 is 0 Å². The minimum absolute atomic E-state index is 0.0684. The molecule has 0 bridgehead atoms. The van der Waals surface area contributed by atoms with Crippen molar-refractivity contribution in [3.05, 3.63) is 6.07 Å². The van der Waals surface area contributed by atoms with Crippen LogP contribution in [0, 0.1) is 0 Å². The lowest BCUT2D eigenvalue weighted by Gasteiger charge is -2.26. The maximum absolute atomic E-state index is 12.3. The van der Waals surface area contributed by atoms with Crippen molar-refractivity contribution in [3.63, 3.8) is 0 Å². The standard InChI is InChI=1S/C15H21N3O4S3/c1-17(2)25(21,22)14-7-11-15(24-14)23-9-13(20)18(11)8-12(19)16-10-5-3-4-6-10/h7,10H,3-6,8-9H2,1-2H3,(H,16,19). The van der Waals surface area contributed by atoms with E-state index in [0.717, 1.165) is 45.5 Å². The highest BCUT2D eigenvalue weighted by Gasteiger charge is 2.32. The van der Waals surface area contributed by atoms with Gasteiger partial charge in [0.25, 0.3) is 10.0 Å². The molecule has 1 aliphatic heterocycles. The first kappa shape index (κ1) is 18.7. The molecule has 1 N–H and O–H groups in total. The molecule has 2 amide bonds. The number of anilines is 1. The molecule has 1 aromatic rings. The van der Waals surface area contributed by atoms with E-state index in [2.05, 4.69) is 5.32 Å². The lowest BCUT2D eigenvalue weighted by Crippen LogP contribution is -2.45. The summed E-state index contributed by atoms with van der Waals surface area (Å²) in [4.78, 5) is 26.0. The number of hydrogen-bond acceptors (Lipinski definition) is 6. The van der Waals surface area contributed by atoms with Crippen LogP contribution in [0.5, 0.6) is 0 Å². The molecule has 2 aliphatic rings. The third kappa shape index (κ3) is 3.86. The molecule has 3 rings (SSSR count). The molecule has 138 valence electrons. The van der Waals surface area contributed by atoms with Crippen LogP contribution in [-0.4, -0.2) is 57.0 Å². The highest BCUT2D eigenvalue weighted by molar-refractivity contribution is 8.02. The number of amides is 2. The molecule has 2 heterocycles. The van der Waals surface area contributed by atoms with Gasteiger partial charge in [-0.3, -0.25) is 9.59 Å². The molecule has 1 aromatic heterocycles. The second-order valence-electron chi connectivity index (χ2n) is 6.34. The minimum Gasteiger partial charge on any atom is -0.352 e. The Morgan fingerprint density at radius 3 is 2.68 bits per heavy atom. The fourth-order valence-electron chi connectivity index (χ4n) is 2.94. The van der Waals surface area contributed by atoms with E-state index in [1.165, 1.54) is 36.8 Å². The fraction of sp³-hybridized carbons (Fsp3) is 0.600. The smallest absolute Gasteiger partial charge is 0.252 e. The van der Waals surface area contributed by atoms with Crippen LogP contribution in [0.1, 0.15) is 25.7 Å². The van der Waals surface area contributed by atoms with Gasteiger partial charge in [0.1, 0.15) is 10.8 Å². The molecular formula is C15H21N3O4S3. The molecule has 0 aromatic carbocycles. The van der Waals surface area contributed by atoms with Crippen molar-refractivity contribution in [3.8, 4) is 0 Å². The maximum Gasteiger partial charge on any atom is 0.252 e. The van der Waals surface area contributed by atoms with Crippen LogP contribution in [0.25, 0.3) is 0 Å². The lowest BCUT2D eigenvalue weighted by molar-refractivity contribution is -0.123. The Morgan fingerprint density at radius 2 is 2.04 bits per heavy atom. The predicted molar refractivity (Wildman–Crippen MR) is 98.7 cm³/mol. The molecule has 0 unspecified atom stereocenters. The lowest BCUT2D eigenvalue weighted by atomic mass is 10.2. The molecule has 1 saturated carbocycles. The SMILES string of the molecule is CN(C)S(=O)(=O)c1cc2c(s1)SCC(=O)N2CC(=O)NC1CCCC1. The van der Waals surface area contributed by atoms with Crippen LogP contribution in [0.15, 0.2) is 14.5 Å². The summed E-state index contributed by atoms with van der Waals surface area (Å²) in [6.45, 7) is -0.0684. The minimum atomic E-state index is -3.56. The molecule has 0 atom stereocenters. The first-order valence-corrected chi connectivity index (χ1v) is 11.3. The largest absolute Gasteiger partial charge is 0.352 e. The monoisotopic (exact) mass is 403 g/mol. The Morgan fingerprint density at radius 1 is 1.36 bits per heavy atom. The molecular weight excluding hydrogens is 382 g/mol. The van der Waals surface area contributed by atoms with E-state index < -0.39 is 10.0 Å². The van der Waals surface area contributed by atoms with E-state index in [4.69, 9.17) is 0 Å². The fourth-order valence-corrected chi connectivity index (χ4v) is 6.88. The molecule has 0 radical (unpaired) electrons. The number of rotatable bonds is 5. The molecule has 0 spiro atoms. The summed E-state index contributed by atoms with van der Waals surface area (Å²) in [5.74, 6) is -0.155. The Bertz CT molecular complexity index is 782. The average Bonchev–Trinajstić information content (AvgIpc) is 3.19. The van der Waals surface area contributed by atoms with Crippen molar-refractivity contribution in [1.82, 2.24) is 9.62 Å². The number of sulfonamides is 1. The van der Waals surface area contributed by atoms with Crippen molar-refractivity contribution in [2.24, 2.45) is 0 Å². The Hall–Kier alpha value is -1.10. The number of nitrogens with one attached hydrogen (secondary N) is 1. The van der Waals surface area contributed by atoms with Crippen LogP contribution in [0.2, 0.25) is 0 Å². The van der Waals surface area contributed by atoms with E-state index in [-0.39, 0.29) is 34.4 Å². The number of thioether (sulfide) groups is 1. The van der Waals surface area contributed by atoms with Crippen molar-refractivity contribution >= 4 is 50.6 Å². The van der Waals surface area contributed by atoms with Crippen LogP contribution < -0.4 is 10.2 Å². The third-order valence-corrected chi connectivity index (χ3v) is 8.98. The Balaban J connectivity index is 1.80. The molecule has 0 saturated heterocycles. The summed E-state index contributed by atoms with van der Waals surface area (Å²) >= 11 is 2.47. The zero-order valence-electron chi connectivity index (χ0n) is 14.1. The summed E-state index contributed by atoms with van der Waals surface area (Å²) in [5, 5.41) is 2.97. The average molecular weight is 404 g/mol. The van der Waals surface area contributed by atoms with Crippen LogP contribution >= 0.6 is 23.1 Å². The molecule has 25 heavy (non-hydrogen) atoms. The third-order valence-electron chi connectivity index (χ3n) is 4.33. The second-order valence-corrected chi connectivity index (χ2v) is 11.0. The topological polar surface area (TPSA) is 86.8 Å². The Labute approximate surface area is 155 Å². The number of carbonyl (C=O) groups is 2. The van der Waals surface area contributed by atoms with E-state index >= 15 is 0 Å². The highest BCUT2D eigenvalue weighted by atomic mass is 32.3. The number of carbonyl (C=O) groups excluding carboxylic acids is 2. The van der Waals surface area contributed by atoms with Crippen LogP contribution in [-0.2, 0) is 19.6 Å². The first-order valence-electron chi connectivity index (χ1n) is 8.08. The summed E-state index contributed by atoms with van der Waals surface area (Å²) in [6.07, 6.45) is 4.18. The number of fused-ring (bicyclic) bond motifs is 1. The summed E-state index contributed by atoms with van der Waals surface area (Å²) in [5.41, 5.74) is 0.522. The predicted octanol–water partition coefficient (Wildman–Crippen LogP) is 1.50. The van der Waals surface area contributed by atoms with E-state index in [1.807, 2.05) is 0 Å². The zero-order chi connectivity index (χ0) is 18.2. The quantitative estimate of drug-likeness (QED) is 0.805. The highest BCUT2D eigenvalue weighted by Crippen LogP contribution is 2.43. The van der Waals surface area contributed by atoms with Gasteiger partial charge in [0, 0.05) is 20.1 Å². The van der Waals surface area contributed by atoms with Crippen molar-refractivity contribution < 1.29 is 18.0 Å². The molecule has 1 fully saturated rings. The summed E-state index contributed by atoms with van der Waals surface area (Å²) < 4.78 is 26.8. The van der Waals surface area contributed by atoms with Gasteiger partial charge in [-0.1, -0.05) is 12.8 Å². The summed E-state index contributed by atoms with van der Waals surface area (Å²) in [7, 11) is -0.616. The number of hydrogen-bond donors (Lipinski definition) is 1. The maximum atomic E-state index is 12.3. The van der Waals surface area contributed by atoms with Crippen LogP contribution in [0.4, 0.5) is 5.69 Å². The first-order chi connectivity index (χ1) is 11.8. The van der Waals surface area contributed by atoms with Gasteiger partial charge in [0.05, 0.1) is 15.6 Å². The van der Waals surface area contributed by atoms with Gasteiger partial charge < -0.3 is 10.2 Å². The van der Waals surface area contributed by atoms with Gasteiger partial charge in [0.2, 0.25) is 11.8 Å². The van der Waals surface area contributed by atoms with Gasteiger partial charge in [-0.15, -0.1) is 23.1 Å². The molecule has 10 heteroatoms. The molecule has 7 nitrogen and oxygen atoms in total.